The van der Waals surface area contributed by atoms with E-state index in [-0.39, 0.29) is 35.1 Å². The number of carbonyl (C=O) groups excluding carboxylic acids is 1. The Bertz CT molecular complexity index is 1070. The summed E-state index contributed by atoms with van der Waals surface area (Å²) >= 11 is 1.03. The maximum Gasteiger partial charge on any atom is 0.416 e. The number of ether oxygens (including phenoxy) is 2. The summed E-state index contributed by atoms with van der Waals surface area (Å²) in [5.74, 6) is -0.128. The third kappa shape index (κ3) is 5.83. The zero-order valence-electron chi connectivity index (χ0n) is 16.8. The van der Waals surface area contributed by atoms with E-state index >= 15 is 0 Å². The van der Waals surface area contributed by atoms with Gasteiger partial charge in [0.15, 0.2) is 11.5 Å². The molecule has 0 radical (unpaired) electrons. The van der Waals surface area contributed by atoms with Gasteiger partial charge in [-0.3, -0.25) is 4.79 Å². The number of oxime groups is 1. The van der Waals surface area contributed by atoms with Gasteiger partial charge in [0.05, 0.1) is 23.5 Å². The molecule has 178 valence electrons. The van der Waals surface area contributed by atoms with E-state index in [4.69, 9.17) is 14.7 Å². The first-order valence-corrected chi connectivity index (χ1v) is 10.1. The van der Waals surface area contributed by atoms with Crippen molar-refractivity contribution in [1.82, 2.24) is 5.32 Å². The van der Waals surface area contributed by atoms with Crippen molar-refractivity contribution < 1.29 is 45.8 Å². The zero-order chi connectivity index (χ0) is 24.4. The van der Waals surface area contributed by atoms with E-state index in [0.29, 0.717) is 11.6 Å². The summed E-state index contributed by atoms with van der Waals surface area (Å²) in [5.41, 5.74) is -2.70. The topological polar surface area (TPSA) is 80.2 Å². The van der Waals surface area contributed by atoms with Crippen molar-refractivity contribution >= 4 is 22.8 Å². The quantitative estimate of drug-likeness (QED) is 0.342. The molecule has 13 heteroatoms. The number of hydrogen-bond acceptors (Lipinski definition) is 6. The molecule has 1 heterocycles. The first kappa shape index (κ1) is 24.6. The number of methoxy groups -OCH3 is 1. The fourth-order valence-electron chi connectivity index (χ4n) is 3.06. The van der Waals surface area contributed by atoms with E-state index < -0.39 is 40.9 Å². The Morgan fingerprint density at radius 1 is 1.06 bits per heavy atom. The van der Waals surface area contributed by atoms with Gasteiger partial charge in [-0.05, 0) is 36.2 Å². The second-order valence-electron chi connectivity index (χ2n) is 6.85. The Labute approximate surface area is 187 Å². The number of nitrogens with one attached hydrogen (secondary N) is 1. The normalized spacial score (nSPS) is 17.8. The second kappa shape index (κ2) is 9.41. The summed E-state index contributed by atoms with van der Waals surface area (Å²) in [6.07, 6.45) is -9.69. The first-order valence-electron chi connectivity index (χ1n) is 9.19. The van der Waals surface area contributed by atoms with E-state index in [1.807, 2.05) is 0 Å². The van der Waals surface area contributed by atoms with Crippen LogP contribution in [-0.4, -0.2) is 28.6 Å². The number of amides is 1. The molecule has 6 nitrogen and oxygen atoms in total. The van der Waals surface area contributed by atoms with Crippen molar-refractivity contribution in [3.8, 4) is 11.5 Å². The van der Waals surface area contributed by atoms with Gasteiger partial charge in [0.2, 0.25) is 11.1 Å². The van der Waals surface area contributed by atoms with Crippen LogP contribution in [0, 0.1) is 0 Å². The van der Waals surface area contributed by atoms with Gasteiger partial charge in [-0.25, -0.2) is 0 Å². The SMILES string of the molecule is COc1cc(CC2SC(=NO)NC2=O)ccc1OCc1ccc(C(F)(F)F)cc1C(F)(F)F. The van der Waals surface area contributed by atoms with Gasteiger partial charge >= 0.3 is 12.4 Å². The lowest BCUT2D eigenvalue weighted by atomic mass is 10.0. The van der Waals surface area contributed by atoms with Crippen LogP contribution in [-0.2, 0) is 30.2 Å². The van der Waals surface area contributed by atoms with E-state index in [2.05, 4.69) is 10.5 Å². The Morgan fingerprint density at radius 2 is 1.79 bits per heavy atom. The fraction of sp³-hybridized carbons (Fsp3) is 0.300. The number of alkyl halides is 6. The molecule has 33 heavy (non-hydrogen) atoms. The van der Waals surface area contributed by atoms with E-state index in [1.54, 1.807) is 6.07 Å². The largest absolute Gasteiger partial charge is 0.493 e. The maximum atomic E-state index is 13.3. The van der Waals surface area contributed by atoms with Gasteiger partial charge < -0.3 is 20.0 Å². The Balaban J connectivity index is 1.78. The van der Waals surface area contributed by atoms with Crippen molar-refractivity contribution in [1.29, 1.82) is 0 Å². The zero-order valence-corrected chi connectivity index (χ0v) is 17.6. The van der Waals surface area contributed by atoms with Crippen LogP contribution in [0.25, 0.3) is 0 Å². The number of carbonyl (C=O) groups is 1. The van der Waals surface area contributed by atoms with Crippen molar-refractivity contribution in [3.63, 3.8) is 0 Å². The van der Waals surface area contributed by atoms with Gasteiger partial charge in [-0.1, -0.05) is 29.1 Å². The van der Waals surface area contributed by atoms with Crippen LogP contribution in [0.15, 0.2) is 41.6 Å². The fourth-order valence-corrected chi connectivity index (χ4v) is 3.97. The van der Waals surface area contributed by atoms with Gasteiger partial charge in [0, 0.05) is 5.56 Å². The van der Waals surface area contributed by atoms with E-state index in [1.165, 1.54) is 19.2 Å². The highest BCUT2D eigenvalue weighted by Crippen LogP contribution is 2.38. The predicted octanol–water partition coefficient (Wildman–Crippen LogP) is 4.83. The molecule has 1 saturated heterocycles. The predicted molar refractivity (Wildman–Crippen MR) is 106 cm³/mol. The summed E-state index contributed by atoms with van der Waals surface area (Å²) in [6, 6.07) is 5.84. The van der Waals surface area contributed by atoms with Crippen molar-refractivity contribution in [2.24, 2.45) is 5.16 Å². The molecule has 1 unspecified atom stereocenters. The number of thioether (sulfide) groups is 1. The number of benzene rings is 2. The molecule has 0 aromatic heterocycles. The minimum atomic E-state index is -5.01. The van der Waals surface area contributed by atoms with Gasteiger partial charge in [0.25, 0.3) is 0 Å². The smallest absolute Gasteiger partial charge is 0.416 e. The highest BCUT2D eigenvalue weighted by molar-refractivity contribution is 8.15. The second-order valence-corrected chi connectivity index (χ2v) is 8.04. The molecule has 1 fully saturated rings. The van der Waals surface area contributed by atoms with Crippen LogP contribution in [0.5, 0.6) is 11.5 Å². The maximum absolute atomic E-state index is 13.3. The summed E-state index contributed by atoms with van der Waals surface area (Å²) < 4.78 is 89.0. The third-order valence-corrected chi connectivity index (χ3v) is 5.71. The van der Waals surface area contributed by atoms with Crippen molar-refractivity contribution in [2.75, 3.05) is 7.11 Å². The van der Waals surface area contributed by atoms with Gasteiger partial charge in [0.1, 0.15) is 6.61 Å². The molecular weight excluding hydrogens is 478 g/mol. The summed E-state index contributed by atoms with van der Waals surface area (Å²) in [7, 11) is 1.30. The lowest BCUT2D eigenvalue weighted by Gasteiger charge is -2.17. The summed E-state index contributed by atoms with van der Waals surface area (Å²) in [4.78, 5) is 11.9. The monoisotopic (exact) mass is 494 g/mol. The third-order valence-electron chi connectivity index (χ3n) is 4.64. The van der Waals surface area contributed by atoms with Crippen LogP contribution in [0.1, 0.15) is 22.3 Å². The summed E-state index contributed by atoms with van der Waals surface area (Å²) in [5, 5.41) is 13.6. The molecule has 1 aliphatic rings. The Hall–Kier alpha value is -3.09. The van der Waals surface area contributed by atoms with Crippen LogP contribution in [0.3, 0.4) is 0 Å². The molecule has 2 N–H and O–H groups in total. The minimum Gasteiger partial charge on any atom is -0.493 e. The van der Waals surface area contributed by atoms with Crippen molar-refractivity contribution in [3.05, 3.63) is 58.7 Å². The number of hydrogen-bond donors (Lipinski definition) is 2. The lowest BCUT2D eigenvalue weighted by Crippen LogP contribution is -2.26. The highest BCUT2D eigenvalue weighted by Gasteiger charge is 2.38. The Kier molecular flexibility index (Phi) is 7.00. The van der Waals surface area contributed by atoms with E-state index in [0.717, 1.165) is 17.8 Å². The standard InChI is InChI=1S/C20H16F6N2O4S/c1-31-15-6-10(7-16-17(29)27-18(28-30)33-16)2-5-14(15)32-9-11-3-4-12(19(21,22)23)8-13(11)20(24,25)26/h2-6,8,16,30H,7,9H2,1H3,(H,27,28,29). The van der Waals surface area contributed by atoms with Crippen LogP contribution >= 0.6 is 11.8 Å². The molecule has 0 bridgehead atoms. The molecule has 1 atom stereocenters. The number of nitrogens with zero attached hydrogens (tertiary/aromatic N) is 1. The minimum absolute atomic E-state index is 0.0489. The number of rotatable bonds is 6. The average Bonchev–Trinajstić information content (AvgIpc) is 3.10. The summed E-state index contributed by atoms with van der Waals surface area (Å²) in [6.45, 7) is -0.653. The molecule has 0 spiro atoms. The highest BCUT2D eigenvalue weighted by atomic mass is 32.2. The van der Waals surface area contributed by atoms with Gasteiger partial charge in [-0.2, -0.15) is 26.3 Å². The molecule has 0 aliphatic carbocycles. The first-order chi connectivity index (χ1) is 15.4. The molecule has 3 rings (SSSR count). The lowest BCUT2D eigenvalue weighted by molar-refractivity contribution is -0.143. The molecule has 2 aromatic rings. The van der Waals surface area contributed by atoms with Crippen LogP contribution < -0.4 is 14.8 Å². The van der Waals surface area contributed by atoms with E-state index in [9.17, 15) is 31.1 Å². The van der Waals surface area contributed by atoms with Gasteiger partial charge in [-0.15, -0.1) is 0 Å². The Morgan fingerprint density at radius 3 is 2.36 bits per heavy atom. The molecule has 1 amide bonds. The van der Waals surface area contributed by atoms with Crippen molar-refractivity contribution in [2.45, 2.75) is 30.6 Å². The van der Waals surface area contributed by atoms with Crippen LogP contribution in [0.4, 0.5) is 26.3 Å². The number of amidine groups is 1. The molecule has 0 saturated carbocycles. The number of halogens is 6. The molecule has 2 aromatic carbocycles. The molecular formula is C20H16F6N2O4S. The average molecular weight is 494 g/mol. The van der Waals surface area contributed by atoms with Crippen LogP contribution in [0.2, 0.25) is 0 Å². The molecule has 1 aliphatic heterocycles.